The summed E-state index contributed by atoms with van der Waals surface area (Å²) in [5.41, 5.74) is -0.946. The molecule has 7 nitrogen and oxygen atoms in total. The molecule has 0 aliphatic rings. The van der Waals surface area contributed by atoms with Crippen LogP contribution in [-0.2, 0) is 16.1 Å². The highest BCUT2D eigenvalue weighted by molar-refractivity contribution is 5.94. The number of fused-ring (bicyclic) bond motifs is 2. The molecular formula is C19H18N2O5. The summed E-state index contributed by atoms with van der Waals surface area (Å²) in [5.74, 6) is -1.89. The van der Waals surface area contributed by atoms with Gasteiger partial charge in [0.1, 0.15) is 6.54 Å². The SMILES string of the molecule is CC(O)(CNC(=O)Cn1c2ccccc2c(=O)c2ccccc21)C(=O)O. The summed E-state index contributed by atoms with van der Waals surface area (Å²) in [6, 6.07) is 14.0. The standard InChI is InChI=1S/C19H18N2O5/c1-19(26,18(24)25)11-20-16(22)10-21-14-8-4-2-6-12(14)17(23)13-7-3-5-9-15(13)21/h2-9,26H,10-11H2,1H3,(H,20,22)(H,24,25). The van der Waals surface area contributed by atoms with Crippen LogP contribution < -0.4 is 10.7 Å². The third-order valence-electron chi connectivity index (χ3n) is 4.27. The minimum atomic E-state index is -2.05. The number of carboxylic acid groups (broad SMARTS) is 1. The maximum absolute atomic E-state index is 12.6. The van der Waals surface area contributed by atoms with Crippen molar-refractivity contribution in [3.63, 3.8) is 0 Å². The number of carboxylic acids is 1. The van der Waals surface area contributed by atoms with Gasteiger partial charge < -0.3 is 20.1 Å². The molecule has 0 bridgehead atoms. The van der Waals surface area contributed by atoms with E-state index in [1.54, 1.807) is 53.1 Å². The Morgan fingerprint density at radius 1 is 1.04 bits per heavy atom. The second kappa shape index (κ2) is 6.61. The van der Waals surface area contributed by atoms with E-state index < -0.39 is 24.0 Å². The van der Waals surface area contributed by atoms with Crippen LogP contribution in [0, 0.1) is 0 Å². The van der Waals surface area contributed by atoms with Gasteiger partial charge >= 0.3 is 5.97 Å². The first-order valence-corrected chi connectivity index (χ1v) is 8.04. The van der Waals surface area contributed by atoms with Crippen LogP contribution in [0.1, 0.15) is 6.92 Å². The summed E-state index contributed by atoms with van der Waals surface area (Å²) in [4.78, 5) is 35.9. The first-order chi connectivity index (χ1) is 12.3. The number of hydrogen-bond acceptors (Lipinski definition) is 4. The summed E-state index contributed by atoms with van der Waals surface area (Å²) in [5, 5.41) is 22.1. The summed E-state index contributed by atoms with van der Waals surface area (Å²) in [6.45, 7) is 0.577. The molecular weight excluding hydrogens is 336 g/mol. The van der Waals surface area contributed by atoms with Gasteiger partial charge in [0.2, 0.25) is 5.91 Å². The molecule has 1 unspecified atom stereocenters. The second-order valence-electron chi connectivity index (χ2n) is 6.31. The van der Waals surface area contributed by atoms with E-state index in [2.05, 4.69) is 5.32 Å². The summed E-state index contributed by atoms with van der Waals surface area (Å²) < 4.78 is 1.71. The molecule has 134 valence electrons. The maximum atomic E-state index is 12.6. The average Bonchev–Trinajstić information content (AvgIpc) is 2.63. The smallest absolute Gasteiger partial charge is 0.337 e. The zero-order valence-corrected chi connectivity index (χ0v) is 14.1. The minimum Gasteiger partial charge on any atom is -0.479 e. The minimum absolute atomic E-state index is 0.110. The summed E-state index contributed by atoms with van der Waals surface area (Å²) >= 11 is 0. The zero-order chi connectivity index (χ0) is 18.9. The monoisotopic (exact) mass is 354 g/mol. The average molecular weight is 354 g/mol. The zero-order valence-electron chi connectivity index (χ0n) is 14.1. The molecule has 0 radical (unpaired) electrons. The van der Waals surface area contributed by atoms with Crippen LogP contribution in [-0.4, -0.2) is 38.8 Å². The van der Waals surface area contributed by atoms with Crippen LogP contribution in [0.15, 0.2) is 53.3 Å². The van der Waals surface area contributed by atoms with Crippen molar-refractivity contribution in [2.24, 2.45) is 0 Å². The second-order valence-corrected chi connectivity index (χ2v) is 6.31. The molecule has 2 aromatic carbocycles. The highest BCUT2D eigenvalue weighted by Crippen LogP contribution is 2.19. The molecule has 0 saturated carbocycles. The Morgan fingerprint density at radius 2 is 1.54 bits per heavy atom. The maximum Gasteiger partial charge on any atom is 0.337 e. The number of carbonyl (C=O) groups excluding carboxylic acids is 1. The van der Waals surface area contributed by atoms with Crippen LogP contribution in [0.4, 0.5) is 0 Å². The van der Waals surface area contributed by atoms with E-state index in [-0.39, 0.29) is 12.0 Å². The fourth-order valence-electron chi connectivity index (χ4n) is 2.79. The molecule has 0 fully saturated rings. The molecule has 1 aromatic heterocycles. The van der Waals surface area contributed by atoms with Crippen molar-refractivity contribution in [1.29, 1.82) is 0 Å². The van der Waals surface area contributed by atoms with Gasteiger partial charge in [-0.15, -0.1) is 0 Å². The van der Waals surface area contributed by atoms with Gasteiger partial charge in [-0.25, -0.2) is 4.79 Å². The molecule has 1 heterocycles. The Morgan fingerprint density at radius 3 is 2.04 bits per heavy atom. The van der Waals surface area contributed by atoms with Gasteiger partial charge in [0, 0.05) is 10.8 Å². The van der Waals surface area contributed by atoms with E-state index in [1.165, 1.54) is 0 Å². The molecule has 0 aliphatic carbocycles. The van der Waals surface area contributed by atoms with Crippen LogP contribution >= 0.6 is 0 Å². The fraction of sp³-hybridized carbons (Fsp3) is 0.211. The number of pyridine rings is 1. The van der Waals surface area contributed by atoms with E-state index in [4.69, 9.17) is 5.11 Å². The molecule has 1 atom stereocenters. The highest BCUT2D eigenvalue weighted by Gasteiger charge is 2.30. The number of nitrogens with one attached hydrogen (secondary N) is 1. The first-order valence-electron chi connectivity index (χ1n) is 8.04. The lowest BCUT2D eigenvalue weighted by atomic mass is 10.1. The van der Waals surface area contributed by atoms with E-state index in [9.17, 15) is 19.5 Å². The number of aliphatic hydroxyl groups is 1. The van der Waals surface area contributed by atoms with E-state index in [0.717, 1.165) is 6.92 Å². The van der Waals surface area contributed by atoms with Crippen molar-refractivity contribution >= 4 is 33.7 Å². The quantitative estimate of drug-likeness (QED) is 0.595. The van der Waals surface area contributed by atoms with Gasteiger partial charge in [-0.2, -0.15) is 0 Å². The fourth-order valence-corrected chi connectivity index (χ4v) is 2.79. The number of aromatic nitrogens is 1. The van der Waals surface area contributed by atoms with Crippen molar-refractivity contribution in [3.8, 4) is 0 Å². The van der Waals surface area contributed by atoms with Crippen molar-refractivity contribution in [2.75, 3.05) is 6.54 Å². The molecule has 26 heavy (non-hydrogen) atoms. The van der Waals surface area contributed by atoms with Gasteiger partial charge in [0.15, 0.2) is 11.0 Å². The van der Waals surface area contributed by atoms with E-state index in [1.807, 2.05) is 0 Å². The van der Waals surface area contributed by atoms with Gasteiger partial charge in [-0.1, -0.05) is 24.3 Å². The van der Waals surface area contributed by atoms with Crippen molar-refractivity contribution in [3.05, 3.63) is 58.8 Å². The molecule has 3 rings (SSSR count). The molecule has 3 N–H and O–H groups in total. The number of nitrogens with zero attached hydrogens (tertiary/aromatic N) is 1. The lowest BCUT2D eigenvalue weighted by molar-refractivity contribution is -0.156. The highest BCUT2D eigenvalue weighted by atomic mass is 16.4. The van der Waals surface area contributed by atoms with Crippen molar-refractivity contribution < 1.29 is 19.8 Å². The van der Waals surface area contributed by atoms with Gasteiger partial charge in [0.05, 0.1) is 17.6 Å². The third-order valence-corrected chi connectivity index (χ3v) is 4.27. The number of benzene rings is 2. The number of carbonyl (C=O) groups is 2. The third kappa shape index (κ3) is 3.16. The number of hydrogen-bond donors (Lipinski definition) is 3. The van der Waals surface area contributed by atoms with Gasteiger partial charge in [-0.3, -0.25) is 9.59 Å². The lowest BCUT2D eigenvalue weighted by Crippen LogP contribution is -2.47. The Bertz CT molecular complexity index is 1010. The summed E-state index contributed by atoms with van der Waals surface area (Å²) in [6.07, 6.45) is 0. The predicted molar refractivity (Wildman–Crippen MR) is 97.0 cm³/mol. The molecule has 3 aromatic rings. The van der Waals surface area contributed by atoms with E-state index in [0.29, 0.717) is 21.8 Å². The topological polar surface area (TPSA) is 109 Å². The van der Waals surface area contributed by atoms with Crippen LogP contribution in [0.3, 0.4) is 0 Å². The van der Waals surface area contributed by atoms with Crippen LogP contribution in [0.5, 0.6) is 0 Å². The number of aliphatic carboxylic acids is 1. The van der Waals surface area contributed by atoms with Crippen LogP contribution in [0.2, 0.25) is 0 Å². The molecule has 0 spiro atoms. The molecule has 1 amide bonds. The molecule has 0 aliphatic heterocycles. The van der Waals surface area contributed by atoms with Gasteiger partial charge in [-0.05, 0) is 31.2 Å². The largest absolute Gasteiger partial charge is 0.479 e. The van der Waals surface area contributed by atoms with Crippen LogP contribution in [0.25, 0.3) is 21.8 Å². The summed E-state index contributed by atoms with van der Waals surface area (Å²) in [7, 11) is 0. The number of rotatable bonds is 5. The first kappa shape index (κ1) is 17.6. The number of amides is 1. The molecule has 0 saturated heterocycles. The number of para-hydroxylation sites is 2. The molecule has 7 heteroatoms. The predicted octanol–water partition coefficient (Wildman–Crippen LogP) is 1.11. The van der Waals surface area contributed by atoms with Crippen molar-refractivity contribution in [1.82, 2.24) is 9.88 Å². The Balaban J connectivity index is 2.01. The van der Waals surface area contributed by atoms with Crippen molar-refractivity contribution in [2.45, 2.75) is 19.1 Å². The van der Waals surface area contributed by atoms with Gasteiger partial charge in [0.25, 0.3) is 0 Å². The Kier molecular flexibility index (Phi) is 4.48. The Hall–Kier alpha value is -3.19. The van der Waals surface area contributed by atoms with E-state index >= 15 is 0 Å². The Labute approximate surface area is 148 Å². The normalized spacial score (nSPS) is 13.5. The lowest BCUT2D eigenvalue weighted by Gasteiger charge is -2.19.